The van der Waals surface area contributed by atoms with Gasteiger partial charge in [0.05, 0.1) is 26.9 Å². The number of benzene rings is 1. The molecule has 1 aliphatic rings. The van der Waals surface area contributed by atoms with Crippen LogP contribution in [0.15, 0.2) is 24.3 Å². The molecular formula is C16H20O5. The Morgan fingerprint density at radius 1 is 1.38 bits per heavy atom. The summed E-state index contributed by atoms with van der Waals surface area (Å²) in [5.41, 5.74) is 1.69. The van der Waals surface area contributed by atoms with Crippen LogP contribution in [0.5, 0.6) is 5.75 Å². The summed E-state index contributed by atoms with van der Waals surface area (Å²) in [5, 5.41) is 0. The number of carbonyl (C=O) groups is 1. The molecule has 0 aromatic heterocycles. The highest BCUT2D eigenvalue weighted by Crippen LogP contribution is 2.30. The van der Waals surface area contributed by atoms with Gasteiger partial charge in [0.1, 0.15) is 5.75 Å². The Kier molecular flexibility index (Phi) is 5.78. The smallest absolute Gasteiger partial charge is 0.330 e. The van der Waals surface area contributed by atoms with E-state index in [1.165, 1.54) is 6.08 Å². The van der Waals surface area contributed by atoms with Gasteiger partial charge in [-0.2, -0.15) is 0 Å². The Labute approximate surface area is 124 Å². The fourth-order valence-corrected chi connectivity index (χ4v) is 2.05. The van der Waals surface area contributed by atoms with E-state index in [1.54, 1.807) is 20.1 Å². The normalized spacial score (nSPS) is 16.1. The van der Waals surface area contributed by atoms with E-state index in [9.17, 15) is 4.79 Å². The topological polar surface area (TPSA) is 54.0 Å². The van der Waals surface area contributed by atoms with Gasteiger partial charge in [0.25, 0.3) is 0 Å². The summed E-state index contributed by atoms with van der Waals surface area (Å²) >= 11 is 0. The van der Waals surface area contributed by atoms with Crippen molar-refractivity contribution in [2.75, 3.05) is 26.9 Å². The lowest BCUT2D eigenvalue weighted by molar-refractivity contribution is -0.183. The van der Waals surface area contributed by atoms with E-state index in [1.807, 2.05) is 18.2 Å². The molecule has 1 saturated heterocycles. The molecule has 1 aromatic carbocycles. The van der Waals surface area contributed by atoms with Crippen molar-refractivity contribution in [1.29, 1.82) is 0 Å². The van der Waals surface area contributed by atoms with Crippen LogP contribution in [0.1, 0.15) is 30.8 Å². The number of methoxy groups -OCH3 is 1. The van der Waals surface area contributed by atoms with Crippen molar-refractivity contribution in [3.05, 3.63) is 35.4 Å². The molecular weight excluding hydrogens is 272 g/mol. The van der Waals surface area contributed by atoms with E-state index in [-0.39, 0.29) is 5.97 Å². The predicted molar refractivity (Wildman–Crippen MR) is 77.9 cm³/mol. The summed E-state index contributed by atoms with van der Waals surface area (Å²) in [7, 11) is 1.61. The molecule has 0 saturated carbocycles. The average molecular weight is 292 g/mol. The van der Waals surface area contributed by atoms with Crippen LogP contribution in [0, 0.1) is 0 Å². The van der Waals surface area contributed by atoms with Gasteiger partial charge in [0.2, 0.25) is 0 Å². The van der Waals surface area contributed by atoms with Gasteiger partial charge >= 0.3 is 5.97 Å². The molecule has 5 nitrogen and oxygen atoms in total. The summed E-state index contributed by atoms with van der Waals surface area (Å²) in [6, 6.07) is 5.56. The van der Waals surface area contributed by atoms with E-state index >= 15 is 0 Å². The molecule has 0 bridgehead atoms. The maximum absolute atomic E-state index is 11.4. The minimum atomic E-state index is -0.435. The molecule has 1 aromatic rings. The summed E-state index contributed by atoms with van der Waals surface area (Å²) in [4.78, 5) is 11.4. The predicted octanol–water partition coefficient (Wildman–Crippen LogP) is 2.71. The molecule has 5 heteroatoms. The third kappa shape index (κ3) is 4.31. The fourth-order valence-electron chi connectivity index (χ4n) is 2.05. The fraction of sp³-hybridized carbons (Fsp3) is 0.438. The summed E-state index contributed by atoms with van der Waals surface area (Å²) in [5.74, 6) is 0.348. The van der Waals surface area contributed by atoms with Gasteiger partial charge in [-0.1, -0.05) is 6.07 Å². The second kappa shape index (κ2) is 7.81. The van der Waals surface area contributed by atoms with Crippen LogP contribution in [0.2, 0.25) is 0 Å². The van der Waals surface area contributed by atoms with Crippen LogP contribution in [0.25, 0.3) is 6.08 Å². The van der Waals surface area contributed by atoms with E-state index < -0.39 is 6.29 Å². The van der Waals surface area contributed by atoms with Crippen LogP contribution < -0.4 is 4.74 Å². The van der Waals surface area contributed by atoms with Crippen LogP contribution >= 0.6 is 0 Å². The molecule has 0 aliphatic carbocycles. The first-order valence-electron chi connectivity index (χ1n) is 7.00. The van der Waals surface area contributed by atoms with Crippen molar-refractivity contribution >= 4 is 12.0 Å². The zero-order chi connectivity index (χ0) is 15.1. The highest BCUT2D eigenvalue weighted by Gasteiger charge is 2.19. The largest absolute Gasteiger partial charge is 0.497 e. The zero-order valence-electron chi connectivity index (χ0n) is 12.3. The standard InChI is InChI=1S/C16H20O5/c1-3-19-15(17)8-6-12-5-7-13(18-2)11-14(12)16-20-9-4-10-21-16/h5-8,11,16H,3-4,9-10H2,1-2H3/b8-6+. The number of hydrogen-bond acceptors (Lipinski definition) is 5. The van der Waals surface area contributed by atoms with Gasteiger partial charge in [0, 0.05) is 11.6 Å². The molecule has 0 atom stereocenters. The Morgan fingerprint density at radius 3 is 2.81 bits per heavy atom. The van der Waals surface area contributed by atoms with Crippen LogP contribution in [0.3, 0.4) is 0 Å². The van der Waals surface area contributed by atoms with E-state index in [2.05, 4.69) is 0 Å². The lowest BCUT2D eigenvalue weighted by atomic mass is 10.1. The summed E-state index contributed by atoms with van der Waals surface area (Å²) < 4.78 is 21.4. The molecule has 0 N–H and O–H groups in total. The van der Waals surface area contributed by atoms with Gasteiger partial charge in [0.15, 0.2) is 6.29 Å². The third-order valence-electron chi connectivity index (χ3n) is 3.06. The number of esters is 1. The first-order chi connectivity index (χ1) is 10.2. The third-order valence-corrected chi connectivity index (χ3v) is 3.06. The van der Waals surface area contributed by atoms with Crippen LogP contribution in [0.4, 0.5) is 0 Å². The second-order valence-corrected chi connectivity index (χ2v) is 4.51. The van der Waals surface area contributed by atoms with Gasteiger partial charge < -0.3 is 18.9 Å². The SMILES string of the molecule is CCOC(=O)/C=C/c1ccc(OC)cc1C1OCCCO1. The molecule has 21 heavy (non-hydrogen) atoms. The Balaban J connectivity index is 2.24. The van der Waals surface area contributed by atoms with Gasteiger partial charge in [-0.3, -0.25) is 0 Å². The zero-order valence-corrected chi connectivity index (χ0v) is 12.3. The van der Waals surface area contributed by atoms with Crippen LogP contribution in [-0.4, -0.2) is 32.9 Å². The van der Waals surface area contributed by atoms with Crippen LogP contribution in [-0.2, 0) is 19.0 Å². The lowest BCUT2D eigenvalue weighted by Crippen LogP contribution is -2.18. The summed E-state index contributed by atoms with van der Waals surface area (Å²) in [6.45, 7) is 3.44. The summed E-state index contributed by atoms with van der Waals surface area (Å²) in [6.07, 6.45) is 3.55. The second-order valence-electron chi connectivity index (χ2n) is 4.51. The van der Waals surface area contributed by atoms with Crippen molar-refractivity contribution in [1.82, 2.24) is 0 Å². The molecule has 114 valence electrons. The molecule has 0 amide bonds. The van der Waals surface area contributed by atoms with Crippen molar-refractivity contribution in [3.8, 4) is 5.75 Å². The molecule has 1 heterocycles. The molecule has 1 fully saturated rings. The van der Waals surface area contributed by atoms with Crippen molar-refractivity contribution in [3.63, 3.8) is 0 Å². The van der Waals surface area contributed by atoms with E-state index in [0.29, 0.717) is 19.8 Å². The molecule has 0 spiro atoms. The van der Waals surface area contributed by atoms with Crippen molar-refractivity contribution < 1.29 is 23.7 Å². The highest BCUT2D eigenvalue weighted by atomic mass is 16.7. The Bertz CT molecular complexity index is 503. The molecule has 0 unspecified atom stereocenters. The van der Waals surface area contributed by atoms with Gasteiger partial charge in [-0.15, -0.1) is 0 Å². The number of carbonyl (C=O) groups excluding carboxylic acids is 1. The molecule has 1 aliphatic heterocycles. The first-order valence-corrected chi connectivity index (χ1v) is 7.00. The maximum Gasteiger partial charge on any atom is 0.330 e. The minimum Gasteiger partial charge on any atom is -0.497 e. The lowest BCUT2D eigenvalue weighted by Gasteiger charge is -2.25. The van der Waals surface area contributed by atoms with Crippen molar-refractivity contribution in [2.45, 2.75) is 19.6 Å². The van der Waals surface area contributed by atoms with E-state index in [4.69, 9.17) is 18.9 Å². The van der Waals surface area contributed by atoms with Gasteiger partial charge in [-0.05, 0) is 37.1 Å². The molecule has 0 radical (unpaired) electrons. The number of ether oxygens (including phenoxy) is 4. The average Bonchev–Trinajstić information content (AvgIpc) is 2.54. The van der Waals surface area contributed by atoms with E-state index in [0.717, 1.165) is 23.3 Å². The monoisotopic (exact) mass is 292 g/mol. The maximum atomic E-state index is 11.4. The Hall–Kier alpha value is -1.85. The minimum absolute atomic E-state index is 0.355. The van der Waals surface area contributed by atoms with Gasteiger partial charge in [-0.25, -0.2) is 4.79 Å². The highest BCUT2D eigenvalue weighted by molar-refractivity contribution is 5.87. The quantitative estimate of drug-likeness (QED) is 0.617. The first kappa shape index (κ1) is 15.5. The number of hydrogen-bond donors (Lipinski definition) is 0. The Morgan fingerprint density at radius 2 is 2.14 bits per heavy atom. The molecule has 2 rings (SSSR count). The van der Waals surface area contributed by atoms with Crippen molar-refractivity contribution in [2.24, 2.45) is 0 Å². The number of rotatable bonds is 5.